The number of nitrogens with zero attached hydrogens (tertiary/aromatic N) is 1. The topological polar surface area (TPSA) is 160 Å². The van der Waals surface area contributed by atoms with Crippen molar-refractivity contribution < 1.29 is 29.2 Å². The van der Waals surface area contributed by atoms with Crippen molar-refractivity contribution in [3.8, 4) is 0 Å². The van der Waals surface area contributed by atoms with Gasteiger partial charge in [0.25, 0.3) is 5.69 Å². The number of alkyl carbamates (subject to hydrolysis) is 1. The zero-order chi connectivity index (χ0) is 28.5. The van der Waals surface area contributed by atoms with Gasteiger partial charge in [-0.2, -0.15) is 0 Å². The molecule has 38 heavy (non-hydrogen) atoms. The van der Waals surface area contributed by atoms with Gasteiger partial charge in [-0.25, -0.2) is 4.79 Å². The van der Waals surface area contributed by atoms with Crippen LogP contribution in [0.4, 0.5) is 10.5 Å². The van der Waals surface area contributed by atoms with Gasteiger partial charge in [-0.3, -0.25) is 19.7 Å². The highest BCUT2D eigenvalue weighted by atomic mass is 16.6. The molecule has 0 heterocycles. The van der Waals surface area contributed by atoms with Crippen LogP contribution in [0.15, 0.2) is 54.6 Å². The van der Waals surface area contributed by atoms with Crippen molar-refractivity contribution in [1.82, 2.24) is 16.0 Å². The number of benzene rings is 2. The zero-order valence-corrected chi connectivity index (χ0v) is 22.3. The van der Waals surface area contributed by atoms with Gasteiger partial charge in [-0.15, -0.1) is 0 Å². The number of rotatable bonds is 11. The molecule has 1 unspecified atom stereocenters. The van der Waals surface area contributed by atoms with Crippen molar-refractivity contribution in [3.63, 3.8) is 0 Å². The first-order chi connectivity index (χ1) is 17.7. The van der Waals surface area contributed by atoms with E-state index in [0.717, 1.165) is 5.56 Å². The fourth-order valence-electron chi connectivity index (χ4n) is 3.66. The summed E-state index contributed by atoms with van der Waals surface area (Å²) >= 11 is 0. The van der Waals surface area contributed by atoms with E-state index >= 15 is 0 Å². The highest BCUT2D eigenvalue weighted by Gasteiger charge is 2.31. The van der Waals surface area contributed by atoms with Crippen molar-refractivity contribution in [2.75, 3.05) is 0 Å². The maximum Gasteiger partial charge on any atom is 0.408 e. The zero-order valence-electron chi connectivity index (χ0n) is 22.3. The molecule has 3 amide bonds. The maximum absolute atomic E-state index is 13.2. The summed E-state index contributed by atoms with van der Waals surface area (Å²) in [6.07, 6.45) is -1.57. The number of nitrogens with one attached hydrogen (secondary N) is 3. The van der Waals surface area contributed by atoms with Crippen LogP contribution in [0.1, 0.15) is 45.7 Å². The first kappa shape index (κ1) is 30.2. The number of aliphatic hydroxyl groups is 1. The van der Waals surface area contributed by atoms with Gasteiger partial charge in [0.1, 0.15) is 17.7 Å². The Labute approximate surface area is 222 Å². The molecule has 0 radical (unpaired) electrons. The van der Waals surface area contributed by atoms with Crippen LogP contribution >= 0.6 is 0 Å². The van der Waals surface area contributed by atoms with Crippen LogP contribution in [-0.4, -0.2) is 57.8 Å². The lowest BCUT2D eigenvalue weighted by Crippen LogP contribution is -2.58. The Balaban J connectivity index is 2.16. The summed E-state index contributed by atoms with van der Waals surface area (Å²) in [4.78, 5) is 49.0. The Hall–Kier alpha value is -3.99. The van der Waals surface area contributed by atoms with Gasteiger partial charge in [-0.1, -0.05) is 42.5 Å². The fourth-order valence-corrected chi connectivity index (χ4v) is 3.66. The van der Waals surface area contributed by atoms with Gasteiger partial charge in [0.15, 0.2) is 0 Å². The van der Waals surface area contributed by atoms with Crippen molar-refractivity contribution in [2.24, 2.45) is 0 Å². The third-order valence-corrected chi connectivity index (χ3v) is 5.43. The molecule has 0 aliphatic heterocycles. The molecule has 0 aliphatic rings. The van der Waals surface area contributed by atoms with Crippen molar-refractivity contribution in [3.05, 3.63) is 75.8 Å². The van der Waals surface area contributed by atoms with E-state index in [-0.39, 0.29) is 18.2 Å². The molecule has 2 rings (SSSR count). The lowest BCUT2D eigenvalue weighted by Gasteiger charge is -2.27. The molecular weight excluding hydrogens is 492 g/mol. The van der Waals surface area contributed by atoms with Crippen molar-refractivity contribution >= 4 is 23.6 Å². The summed E-state index contributed by atoms with van der Waals surface area (Å²) in [6, 6.07) is 12.3. The van der Waals surface area contributed by atoms with E-state index in [1.54, 1.807) is 20.8 Å². The molecule has 4 atom stereocenters. The minimum atomic E-state index is -1.29. The molecule has 0 saturated carbocycles. The van der Waals surface area contributed by atoms with Crippen LogP contribution < -0.4 is 16.0 Å². The number of aliphatic hydroxyl groups excluding tert-OH is 1. The van der Waals surface area contributed by atoms with E-state index in [9.17, 15) is 29.6 Å². The molecule has 0 bridgehead atoms. The number of carbonyl (C=O) groups excluding carboxylic acids is 3. The van der Waals surface area contributed by atoms with Gasteiger partial charge < -0.3 is 25.8 Å². The molecule has 0 spiro atoms. The van der Waals surface area contributed by atoms with Crippen LogP contribution in [-0.2, 0) is 27.2 Å². The number of nitro benzene ring substituents is 1. The fraction of sp³-hybridized carbons (Fsp3) is 0.444. The number of hydrogen-bond acceptors (Lipinski definition) is 7. The average molecular weight is 529 g/mol. The Bertz CT molecular complexity index is 1100. The van der Waals surface area contributed by atoms with Crippen LogP contribution in [0.2, 0.25) is 0 Å². The summed E-state index contributed by atoms with van der Waals surface area (Å²) in [5.41, 5.74) is 0.601. The van der Waals surface area contributed by atoms with E-state index in [1.807, 2.05) is 37.3 Å². The molecular formula is C27H36N4O7. The lowest BCUT2D eigenvalue weighted by molar-refractivity contribution is -0.384. The van der Waals surface area contributed by atoms with Gasteiger partial charge in [0.05, 0.1) is 11.0 Å². The summed E-state index contributed by atoms with van der Waals surface area (Å²) in [5, 5.41) is 29.0. The van der Waals surface area contributed by atoms with E-state index in [2.05, 4.69) is 16.0 Å². The molecule has 0 saturated heterocycles. The standard InChI is InChI=1S/C27H36N4O7/c1-17(15-19-9-7-6-8-10-19)28-25(34)23(18(2)32)30-24(33)22(29-26(35)38-27(3,4)5)16-20-11-13-21(14-12-20)31(36)37/h6-14,17-18,22-23,32H,15-16H2,1-5H3,(H,28,34)(H,29,35)(H,30,33)/t17?,18-,22-,23+/m0/s1. The Kier molecular flexibility index (Phi) is 10.8. The number of amides is 3. The average Bonchev–Trinajstić information content (AvgIpc) is 2.81. The normalized spacial score (nSPS) is 14.4. The molecule has 11 heteroatoms. The van der Waals surface area contributed by atoms with Crippen molar-refractivity contribution in [2.45, 2.75) is 77.3 Å². The highest BCUT2D eigenvalue weighted by Crippen LogP contribution is 2.14. The molecule has 0 aromatic heterocycles. The van der Waals surface area contributed by atoms with Crippen LogP contribution in [0.3, 0.4) is 0 Å². The smallest absolute Gasteiger partial charge is 0.408 e. The molecule has 2 aromatic rings. The number of nitro groups is 1. The number of non-ortho nitro benzene ring substituents is 1. The second-order valence-electron chi connectivity index (χ2n) is 10.2. The van der Waals surface area contributed by atoms with Gasteiger partial charge >= 0.3 is 6.09 Å². The second-order valence-corrected chi connectivity index (χ2v) is 10.2. The third-order valence-electron chi connectivity index (χ3n) is 5.43. The minimum absolute atomic E-state index is 0.0401. The third kappa shape index (κ3) is 10.2. The van der Waals surface area contributed by atoms with Crippen LogP contribution in [0, 0.1) is 10.1 Å². The van der Waals surface area contributed by atoms with Crippen molar-refractivity contribution in [1.29, 1.82) is 0 Å². The SMILES string of the molecule is CC(Cc1ccccc1)NC(=O)[C@H](NC(=O)[C@H](Cc1ccc([N+](=O)[O-])cc1)NC(=O)OC(C)(C)C)[C@H](C)O. The maximum atomic E-state index is 13.2. The predicted molar refractivity (Wildman–Crippen MR) is 141 cm³/mol. The van der Waals surface area contributed by atoms with E-state index < -0.39 is 46.6 Å². The largest absolute Gasteiger partial charge is 0.444 e. The number of hydrogen-bond donors (Lipinski definition) is 4. The van der Waals surface area contributed by atoms with Gasteiger partial charge in [0.2, 0.25) is 11.8 Å². The quantitative estimate of drug-likeness (QED) is 0.258. The summed E-state index contributed by atoms with van der Waals surface area (Å²) in [6.45, 7) is 8.19. The highest BCUT2D eigenvalue weighted by molar-refractivity contribution is 5.92. The van der Waals surface area contributed by atoms with Crippen LogP contribution in [0.5, 0.6) is 0 Å². The monoisotopic (exact) mass is 528 g/mol. The Morgan fingerprint density at radius 3 is 2.00 bits per heavy atom. The summed E-state index contributed by atoms with van der Waals surface area (Å²) in [7, 11) is 0. The number of carbonyl (C=O) groups is 3. The summed E-state index contributed by atoms with van der Waals surface area (Å²) in [5.74, 6) is -1.31. The van der Waals surface area contributed by atoms with Gasteiger partial charge in [0, 0.05) is 24.6 Å². The van der Waals surface area contributed by atoms with E-state index in [4.69, 9.17) is 4.74 Å². The molecule has 206 valence electrons. The minimum Gasteiger partial charge on any atom is -0.444 e. The molecule has 4 N–H and O–H groups in total. The molecule has 11 nitrogen and oxygen atoms in total. The Morgan fingerprint density at radius 2 is 1.47 bits per heavy atom. The lowest BCUT2D eigenvalue weighted by atomic mass is 10.0. The first-order valence-electron chi connectivity index (χ1n) is 12.3. The van der Waals surface area contributed by atoms with E-state index in [0.29, 0.717) is 12.0 Å². The Morgan fingerprint density at radius 1 is 0.895 bits per heavy atom. The van der Waals surface area contributed by atoms with Crippen LogP contribution in [0.25, 0.3) is 0 Å². The molecule has 0 aliphatic carbocycles. The second kappa shape index (κ2) is 13.5. The first-order valence-corrected chi connectivity index (χ1v) is 12.3. The number of ether oxygens (including phenoxy) is 1. The molecule has 0 fully saturated rings. The van der Waals surface area contributed by atoms with E-state index in [1.165, 1.54) is 31.2 Å². The predicted octanol–water partition coefficient (Wildman–Crippen LogP) is 2.64. The molecule has 2 aromatic carbocycles. The summed E-state index contributed by atoms with van der Waals surface area (Å²) < 4.78 is 5.27. The van der Waals surface area contributed by atoms with Gasteiger partial charge in [-0.05, 0) is 52.2 Å².